The number of rotatable bonds is 7. The fourth-order valence-corrected chi connectivity index (χ4v) is 1.93. The van der Waals surface area contributed by atoms with Crippen molar-refractivity contribution in [1.29, 1.82) is 0 Å². The fraction of sp³-hybridized carbons (Fsp3) is 0.615. The van der Waals surface area contributed by atoms with Gasteiger partial charge in [0.15, 0.2) is 0 Å². The van der Waals surface area contributed by atoms with Crippen molar-refractivity contribution in [3.8, 4) is 0 Å². The topological polar surface area (TPSA) is 84.6 Å². The molecule has 20 heavy (non-hydrogen) atoms. The predicted octanol–water partition coefficient (Wildman–Crippen LogP) is 1.09. The van der Waals surface area contributed by atoms with Crippen LogP contribution in [-0.2, 0) is 11.3 Å². The average molecular weight is 279 g/mol. The first-order valence-corrected chi connectivity index (χ1v) is 6.59. The number of aliphatic hydroxyl groups is 1. The number of methoxy groups -OCH3 is 1. The Hall–Kier alpha value is -1.73. The third-order valence-corrected chi connectivity index (χ3v) is 3.13. The Balaban J connectivity index is 2.21. The van der Waals surface area contributed by atoms with Crippen LogP contribution in [0.25, 0.3) is 5.78 Å². The van der Waals surface area contributed by atoms with Crippen LogP contribution in [0.2, 0.25) is 0 Å². The van der Waals surface area contributed by atoms with E-state index in [9.17, 15) is 0 Å². The van der Waals surface area contributed by atoms with Gasteiger partial charge in [-0.2, -0.15) is 14.6 Å². The number of anilines is 1. The van der Waals surface area contributed by atoms with Crippen molar-refractivity contribution in [2.24, 2.45) is 5.41 Å². The minimum atomic E-state index is -0.00759. The number of aliphatic hydroxyl groups excluding tert-OH is 1. The molecule has 0 atom stereocenters. The third-order valence-electron chi connectivity index (χ3n) is 3.13. The Labute approximate surface area is 118 Å². The Bertz CT molecular complexity index is 567. The van der Waals surface area contributed by atoms with Crippen molar-refractivity contribution >= 4 is 11.6 Å². The molecule has 2 heterocycles. The molecule has 0 unspecified atom stereocenters. The lowest BCUT2D eigenvalue weighted by Crippen LogP contribution is -2.25. The normalized spacial score (nSPS) is 12.0. The second-order valence-corrected chi connectivity index (χ2v) is 5.53. The molecule has 0 bridgehead atoms. The van der Waals surface area contributed by atoms with E-state index in [1.54, 1.807) is 11.6 Å². The Morgan fingerprint density at radius 2 is 2.25 bits per heavy atom. The lowest BCUT2D eigenvalue weighted by Gasteiger charge is -2.24. The molecule has 0 saturated heterocycles. The summed E-state index contributed by atoms with van der Waals surface area (Å²) >= 11 is 0. The molecule has 0 aliphatic rings. The smallest absolute Gasteiger partial charge is 0.254 e. The van der Waals surface area contributed by atoms with Crippen LogP contribution in [0.4, 0.5) is 5.82 Å². The van der Waals surface area contributed by atoms with Crippen LogP contribution in [0.3, 0.4) is 0 Å². The molecule has 0 fully saturated rings. The van der Waals surface area contributed by atoms with E-state index in [-0.39, 0.29) is 12.0 Å². The van der Waals surface area contributed by atoms with Gasteiger partial charge in [0.25, 0.3) is 5.78 Å². The van der Waals surface area contributed by atoms with Crippen LogP contribution in [-0.4, -0.2) is 45.0 Å². The molecule has 0 saturated carbocycles. The maximum atomic E-state index is 9.07. The Kier molecular flexibility index (Phi) is 4.51. The highest BCUT2D eigenvalue weighted by Gasteiger charge is 2.18. The van der Waals surface area contributed by atoms with Gasteiger partial charge < -0.3 is 15.2 Å². The Morgan fingerprint density at radius 1 is 1.45 bits per heavy atom. The molecule has 2 rings (SSSR count). The molecule has 0 radical (unpaired) electrons. The van der Waals surface area contributed by atoms with Gasteiger partial charge in [-0.15, -0.1) is 0 Å². The van der Waals surface area contributed by atoms with Crippen LogP contribution in [0.15, 0.2) is 12.4 Å². The molecule has 0 amide bonds. The van der Waals surface area contributed by atoms with Crippen molar-refractivity contribution in [3.63, 3.8) is 0 Å². The molecule has 0 aromatic carbocycles. The van der Waals surface area contributed by atoms with Gasteiger partial charge in [-0.1, -0.05) is 13.8 Å². The van der Waals surface area contributed by atoms with E-state index in [2.05, 4.69) is 34.2 Å². The zero-order valence-electron chi connectivity index (χ0n) is 12.1. The number of fused-ring (bicyclic) bond motifs is 1. The number of hydrogen-bond donors (Lipinski definition) is 2. The van der Waals surface area contributed by atoms with E-state index in [1.165, 1.54) is 6.33 Å². The number of ether oxygens (including phenoxy) is 1. The number of nitrogens with one attached hydrogen (secondary N) is 1. The summed E-state index contributed by atoms with van der Waals surface area (Å²) in [4.78, 5) is 8.46. The van der Waals surface area contributed by atoms with Gasteiger partial charge in [0, 0.05) is 26.3 Å². The van der Waals surface area contributed by atoms with Gasteiger partial charge in [0.2, 0.25) is 0 Å². The maximum Gasteiger partial charge on any atom is 0.254 e. The van der Waals surface area contributed by atoms with Crippen LogP contribution in [0.1, 0.15) is 26.0 Å². The Morgan fingerprint density at radius 3 is 2.95 bits per heavy atom. The highest BCUT2D eigenvalue weighted by Crippen LogP contribution is 2.21. The lowest BCUT2D eigenvalue weighted by atomic mass is 9.90. The van der Waals surface area contributed by atoms with E-state index >= 15 is 0 Å². The molecule has 7 nitrogen and oxygen atoms in total. The minimum Gasteiger partial charge on any atom is -0.396 e. The molecular weight excluding hydrogens is 258 g/mol. The van der Waals surface area contributed by atoms with E-state index < -0.39 is 0 Å². The second kappa shape index (κ2) is 6.15. The third kappa shape index (κ3) is 3.43. The van der Waals surface area contributed by atoms with Crippen LogP contribution >= 0.6 is 0 Å². The van der Waals surface area contributed by atoms with Gasteiger partial charge in [0.1, 0.15) is 12.1 Å². The quantitative estimate of drug-likeness (QED) is 0.789. The molecule has 2 N–H and O–H groups in total. The summed E-state index contributed by atoms with van der Waals surface area (Å²) in [5.41, 5.74) is 0.794. The molecule has 0 spiro atoms. The SMILES string of the molecule is COCc1cc(NCC(C)(C)CCO)n2ncnc2n1. The number of hydrogen-bond acceptors (Lipinski definition) is 6. The largest absolute Gasteiger partial charge is 0.396 e. The predicted molar refractivity (Wildman–Crippen MR) is 75.5 cm³/mol. The minimum absolute atomic E-state index is 0.00759. The average Bonchev–Trinajstić information content (AvgIpc) is 2.84. The summed E-state index contributed by atoms with van der Waals surface area (Å²) in [6, 6.07) is 1.90. The number of aromatic nitrogens is 4. The highest BCUT2D eigenvalue weighted by molar-refractivity contribution is 5.45. The summed E-state index contributed by atoms with van der Waals surface area (Å²) in [6.45, 7) is 5.54. The standard InChI is InChI=1S/C13H21N5O2/c1-13(2,4-5-19)8-14-11-6-10(7-20-3)17-12-15-9-16-18(11)12/h6,9,14,19H,4-5,7-8H2,1-3H3. The van der Waals surface area contributed by atoms with Gasteiger partial charge in [-0.05, 0) is 11.8 Å². The van der Waals surface area contributed by atoms with Crippen molar-refractivity contribution < 1.29 is 9.84 Å². The molecule has 7 heteroatoms. The van der Waals surface area contributed by atoms with Crippen molar-refractivity contribution in [1.82, 2.24) is 19.6 Å². The van der Waals surface area contributed by atoms with Gasteiger partial charge >= 0.3 is 0 Å². The molecule has 0 aliphatic carbocycles. The van der Waals surface area contributed by atoms with Gasteiger partial charge in [-0.25, -0.2) is 4.98 Å². The zero-order valence-corrected chi connectivity index (χ0v) is 12.1. The fourth-order valence-electron chi connectivity index (χ4n) is 1.93. The first-order chi connectivity index (χ1) is 9.55. The summed E-state index contributed by atoms with van der Waals surface area (Å²) < 4.78 is 6.77. The van der Waals surface area contributed by atoms with E-state index in [0.717, 1.165) is 24.5 Å². The van der Waals surface area contributed by atoms with Gasteiger partial charge in [-0.3, -0.25) is 0 Å². The van der Waals surface area contributed by atoms with E-state index in [4.69, 9.17) is 9.84 Å². The molecule has 110 valence electrons. The van der Waals surface area contributed by atoms with Crippen molar-refractivity contribution in [2.45, 2.75) is 26.9 Å². The molecule has 2 aromatic heterocycles. The van der Waals surface area contributed by atoms with Crippen molar-refractivity contribution in [3.05, 3.63) is 18.1 Å². The first kappa shape index (κ1) is 14.7. The molecular formula is C13H21N5O2. The highest BCUT2D eigenvalue weighted by atomic mass is 16.5. The summed E-state index contributed by atoms with van der Waals surface area (Å²) in [5, 5.41) is 16.6. The summed E-state index contributed by atoms with van der Waals surface area (Å²) in [5.74, 6) is 1.37. The van der Waals surface area contributed by atoms with E-state index in [1.807, 2.05) is 6.07 Å². The second-order valence-electron chi connectivity index (χ2n) is 5.53. The van der Waals surface area contributed by atoms with Crippen LogP contribution in [0.5, 0.6) is 0 Å². The molecule has 0 aliphatic heterocycles. The monoisotopic (exact) mass is 279 g/mol. The van der Waals surface area contributed by atoms with Crippen molar-refractivity contribution in [2.75, 3.05) is 25.6 Å². The molecule has 2 aromatic rings. The van der Waals surface area contributed by atoms with Crippen LogP contribution in [0, 0.1) is 5.41 Å². The van der Waals surface area contributed by atoms with E-state index in [0.29, 0.717) is 12.4 Å². The zero-order chi connectivity index (χ0) is 14.6. The maximum absolute atomic E-state index is 9.07. The lowest BCUT2D eigenvalue weighted by molar-refractivity contribution is 0.181. The summed E-state index contributed by atoms with van der Waals surface area (Å²) in [7, 11) is 1.63. The summed E-state index contributed by atoms with van der Waals surface area (Å²) in [6.07, 6.45) is 2.21. The van der Waals surface area contributed by atoms with Crippen LogP contribution < -0.4 is 5.32 Å². The number of nitrogens with zero attached hydrogens (tertiary/aromatic N) is 4. The van der Waals surface area contributed by atoms with Gasteiger partial charge in [0.05, 0.1) is 12.3 Å². The first-order valence-electron chi connectivity index (χ1n) is 6.59.